The molecule has 4 heteroatoms. The third kappa shape index (κ3) is 3.77. The topological polar surface area (TPSA) is 17.8 Å². The highest BCUT2D eigenvalue weighted by atomic mass is 79.9. The Hall–Kier alpha value is -1.52. The summed E-state index contributed by atoms with van der Waals surface area (Å²) in [6.07, 6.45) is 3.90. The van der Waals surface area contributed by atoms with Gasteiger partial charge in [-0.1, -0.05) is 76.2 Å². The van der Waals surface area contributed by atoms with E-state index in [0.717, 1.165) is 21.9 Å². The molecular formula is C17H15BrN2S. The first kappa shape index (κ1) is 14.4. The Balaban J connectivity index is 1.70. The van der Waals surface area contributed by atoms with Crippen LogP contribution in [0, 0.1) is 0 Å². The molecule has 0 fully saturated rings. The van der Waals surface area contributed by atoms with Crippen LogP contribution in [0.3, 0.4) is 0 Å². The minimum Gasteiger partial charge on any atom is -0.322 e. The molecular weight excluding hydrogens is 344 g/mol. The zero-order valence-electron chi connectivity index (χ0n) is 11.4. The van der Waals surface area contributed by atoms with Gasteiger partial charge >= 0.3 is 0 Å². The number of hydrogen-bond acceptors (Lipinski definition) is 2. The highest BCUT2D eigenvalue weighted by Gasteiger charge is 2.06. The molecule has 3 aromatic rings. The van der Waals surface area contributed by atoms with E-state index in [9.17, 15) is 0 Å². The quantitative estimate of drug-likeness (QED) is 0.598. The number of rotatable bonds is 5. The maximum absolute atomic E-state index is 4.47. The molecule has 1 heterocycles. The van der Waals surface area contributed by atoms with E-state index in [0.29, 0.717) is 0 Å². The molecule has 2 aromatic carbocycles. The molecule has 0 N–H and O–H groups in total. The summed E-state index contributed by atoms with van der Waals surface area (Å²) >= 11 is 5.35. The summed E-state index contributed by atoms with van der Waals surface area (Å²) in [5.74, 6) is 0.910. The Morgan fingerprint density at radius 1 is 1.00 bits per heavy atom. The van der Waals surface area contributed by atoms with Crippen molar-refractivity contribution < 1.29 is 0 Å². The fourth-order valence-electron chi connectivity index (χ4n) is 2.09. The van der Waals surface area contributed by atoms with Crippen molar-refractivity contribution in [3.63, 3.8) is 0 Å². The van der Waals surface area contributed by atoms with E-state index < -0.39 is 0 Å². The molecule has 0 bridgehead atoms. The van der Waals surface area contributed by atoms with E-state index in [4.69, 9.17) is 0 Å². The van der Waals surface area contributed by atoms with E-state index >= 15 is 0 Å². The van der Waals surface area contributed by atoms with Crippen molar-refractivity contribution >= 4 is 27.7 Å². The van der Waals surface area contributed by atoms with Crippen molar-refractivity contribution in [1.82, 2.24) is 9.55 Å². The lowest BCUT2D eigenvalue weighted by atomic mass is 10.2. The zero-order chi connectivity index (χ0) is 14.5. The summed E-state index contributed by atoms with van der Waals surface area (Å²) in [6, 6.07) is 18.8. The molecule has 21 heavy (non-hydrogen) atoms. The van der Waals surface area contributed by atoms with E-state index in [2.05, 4.69) is 67.9 Å². The number of nitrogens with zero attached hydrogens (tertiary/aromatic N) is 2. The highest BCUT2D eigenvalue weighted by molar-refractivity contribution is 9.10. The maximum Gasteiger partial charge on any atom is 0.168 e. The Kier molecular flexibility index (Phi) is 4.78. The molecule has 1 aromatic heterocycles. The first-order valence-corrected chi connectivity index (χ1v) is 8.52. The van der Waals surface area contributed by atoms with Gasteiger partial charge in [0.1, 0.15) is 0 Å². The van der Waals surface area contributed by atoms with Crippen molar-refractivity contribution in [2.24, 2.45) is 0 Å². The SMILES string of the molecule is Brc1ccccc1CSc1nccn1Cc1ccccc1. The van der Waals surface area contributed by atoms with Crippen molar-refractivity contribution in [1.29, 1.82) is 0 Å². The molecule has 0 aliphatic rings. The van der Waals surface area contributed by atoms with Gasteiger partial charge in [-0.3, -0.25) is 0 Å². The highest BCUT2D eigenvalue weighted by Crippen LogP contribution is 2.26. The van der Waals surface area contributed by atoms with Gasteiger partial charge in [0.15, 0.2) is 5.16 Å². The molecule has 106 valence electrons. The molecule has 0 aliphatic heterocycles. The molecule has 2 nitrogen and oxygen atoms in total. The molecule has 0 aliphatic carbocycles. The van der Waals surface area contributed by atoms with Gasteiger partial charge in [-0.2, -0.15) is 0 Å². The van der Waals surface area contributed by atoms with Crippen LogP contribution in [0.2, 0.25) is 0 Å². The first-order valence-electron chi connectivity index (χ1n) is 6.74. The van der Waals surface area contributed by atoms with Gasteiger partial charge in [-0.15, -0.1) is 0 Å². The zero-order valence-corrected chi connectivity index (χ0v) is 13.8. The van der Waals surface area contributed by atoms with Crippen LogP contribution in [0.15, 0.2) is 76.6 Å². The summed E-state index contributed by atoms with van der Waals surface area (Å²) in [6.45, 7) is 0.860. The van der Waals surface area contributed by atoms with Crippen LogP contribution in [-0.4, -0.2) is 9.55 Å². The predicted molar refractivity (Wildman–Crippen MR) is 91.5 cm³/mol. The van der Waals surface area contributed by atoms with Crippen LogP contribution in [0.25, 0.3) is 0 Å². The van der Waals surface area contributed by atoms with Crippen LogP contribution in [-0.2, 0) is 12.3 Å². The second-order valence-corrected chi connectivity index (χ2v) is 6.50. The van der Waals surface area contributed by atoms with E-state index in [-0.39, 0.29) is 0 Å². The smallest absolute Gasteiger partial charge is 0.168 e. The lowest BCUT2D eigenvalue weighted by Crippen LogP contribution is -2.00. The third-order valence-corrected chi connectivity index (χ3v) is 5.01. The van der Waals surface area contributed by atoms with Gasteiger partial charge in [0.05, 0.1) is 0 Å². The third-order valence-electron chi connectivity index (χ3n) is 3.19. The molecule has 0 radical (unpaired) electrons. The average molecular weight is 359 g/mol. The van der Waals surface area contributed by atoms with E-state index in [1.807, 2.05) is 24.5 Å². The van der Waals surface area contributed by atoms with E-state index in [1.54, 1.807) is 11.8 Å². The van der Waals surface area contributed by atoms with Crippen LogP contribution in [0.1, 0.15) is 11.1 Å². The Bertz CT molecular complexity index is 710. The van der Waals surface area contributed by atoms with Crippen LogP contribution >= 0.6 is 27.7 Å². The standard InChI is InChI=1S/C17H15BrN2S/c18-16-9-5-4-8-15(16)13-21-17-19-10-11-20(17)12-14-6-2-1-3-7-14/h1-11H,12-13H2. The molecule has 0 unspecified atom stereocenters. The van der Waals surface area contributed by atoms with Crippen LogP contribution in [0.4, 0.5) is 0 Å². The number of imidazole rings is 1. The number of benzene rings is 2. The summed E-state index contributed by atoms with van der Waals surface area (Å²) < 4.78 is 3.34. The lowest BCUT2D eigenvalue weighted by Gasteiger charge is -2.08. The molecule has 3 rings (SSSR count). The monoisotopic (exact) mass is 358 g/mol. The molecule has 0 spiro atoms. The second kappa shape index (κ2) is 6.96. The van der Waals surface area contributed by atoms with Gasteiger partial charge in [0, 0.05) is 29.2 Å². The minimum atomic E-state index is 0.860. The van der Waals surface area contributed by atoms with E-state index in [1.165, 1.54) is 11.1 Å². The lowest BCUT2D eigenvalue weighted by molar-refractivity contribution is 0.708. The fraction of sp³-hybridized carbons (Fsp3) is 0.118. The number of halogens is 1. The van der Waals surface area contributed by atoms with Crippen LogP contribution in [0.5, 0.6) is 0 Å². The predicted octanol–water partition coefficient (Wildman–Crippen LogP) is 4.99. The van der Waals surface area contributed by atoms with Crippen LogP contribution < -0.4 is 0 Å². The molecule has 0 saturated carbocycles. The summed E-state index contributed by atoms with van der Waals surface area (Å²) in [5.41, 5.74) is 2.58. The Morgan fingerprint density at radius 3 is 2.57 bits per heavy atom. The maximum atomic E-state index is 4.47. The molecule has 0 saturated heterocycles. The summed E-state index contributed by atoms with van der Waals surface area (Å²) in [5, 5.41) is 1.05. The van der Waals surface area contributed by atoms with Gasteiger partial charge in [-0.25, -0.2) is 4.98 Å². The van der Waals surface area contributed by atoms with Gasteiger partial charge in [0.2, 0.25) is 0 Å². The van der Waals surface area contributed by atoms with Gasteiger partial charge in [0.25, 0.3) is 0 Å². The summed E-state index contributed by atoms with van der Waals surface area (Å²) in [7, 11) is 0. The molecule has 0 atom stereocenters. The average Bonchev–Trinajstić information content (AvgIpc) is 2.95. The number of aromatic nitrogens is 2. The fourth-order valence-corrected chi connectivity index (χ4v) is 3.67. The normalized spacial score (nSPS) is 10.7. The van der Waals surface area contributed by atoms with Crippen molar-refractivity contribution in [2.75, 3.05) is 0 Å². The van der Waals surface area contributed by atoms with Crippen molar-refractivity contribution in [2.45, 2.75) is 17.5 Å². The first-order chi connectivity index (χ1) is 10.3. The Morgan fingerprint density at radius 2 is 1.76 bits per heavy atom. The second-order valence-electron chi connectivity index (χ2n) is 4.70. The van der Waals surface area contributed by atoms with Crippen molar-refractivity contribution in [3.05, 3.63) is 82.6 Å². The largest absolute Gasteiger partial charge is 0.322 e. The van der Waals surface area contributed by atoms with Crippen molar-refractivity contribution in [3.8, 4) is 0 Å². The number of hydrogen-bond donors (Lipinski definition) is 0. The number of thioether (sulfide) groups is 1. The minimum absolute atomic E-state index is 0.860. The van der Waals surface area contributed by atoms with Gasteiger partial charge in [-0.05, 0) is 17.2 Å². The Labute approximate surface area is 137 Å². The molecule has 0 amide bonds. The van der Waals surface area contributed by atoms with Gasteiger partial charge < -0.3 is 4.57 Å². The summed E-state index contributed by atoms with van der Waals surface area (Å²) in [4.78, 5) is 4.47.